The number of nitrogens with zero attached hydrogens (tertiary/aromatic N) is 2. The van der Waals surface area contributed by atoms with E-state index in [4.69, 9.17) is 9.84 Å². The van der Waals surface area contributed by atoms with Gasteiger partial charge in [0, 0.05) is 12.6 Å². The van der Waals surface area contributed by atoms with Crippen LogP contribution in [-0.4, -0.2) is 64.8 Å². The normalized spacial score (nSPS) is 20.8. The van der Waals surface area contributed by atoms with Crippen molar-refractivity contribution in [3.63, 3.8) is 0 Å². The molecule has 0 aromatic rings. The molecule has 0 bridgehead atoms. The van der Waals surface area contributed by atoms with Crippen molar-refractivity contribution >= 4 is 12.0 Å². The number of urea groups is 1. The number of rotatable bonds is 6. The molecule has 0 radical (unpaired) electrons. The van der Waals surface area contributed by atoms with Gasteiger partial charge in [-0.15, -0.1) is 0 Å². The molecule has 2 aliphatic rings. The first kappa shape index (κ1) is 14.1. The Kier molecular flexibility index (Phi) is 3.99. The number of carbonyl (C=O) groups excluding carboxylic acids is 1. The lowest BCUT2D eigenvalue weighted by Crippen LogP contribution is -2.65. The van der Waals surface area contributed by atoms with E-state index < -0.39 is 11.6 Å². The second-order valence-corrected chi connectivity index (χ2v) is 5.70. The van der Waals surface area contributed by atoms with Crippen LogP contribution in [0.15, 0.2) is 0 Å². The van der Waals surface area contributed by atoms with Crippen LogP contribution >= 0.6 is 0 Å². The summed E-state index contributed by atoms with van der Waals surface area (Å²) in [6, 6.07) is 0.486. The Bertz CT molecular complexity index is 362. The topological polar surface area (TPSA) is 70.1 Å². The highest BCUT2D eigenvalue weighted by atomic mass is 16.5. The molecule has 1 saturated heterocycles. The van der Waals surface area contributed by atoms with Gasteiger partial charge in [-0.2, -0.15) is 0 Å². The van der Waals surface area contributed by atoms with Crippen molar-refractivity contribution in [2.24, 2.45) is 0 Å². The van der Waals surface area contributed by atoms with Crippen molar-refractivity contribution in [3.8, 4) is 0 Å². The monoisotopic (exact) mass is 270 g/mol. The van der Waals surface area contributed by atoms with Gasteiger partial charge in [-0.05, 0) is 26.2 Å². The quantitative estimate of drug-likeness (QED) is 0.786. The number of aliphatic carboxylic acids is 1. The van der Waals surface area contributed by atoms with Crippen LogP contribution in [0.25, 0.3) is 0 Å². The molecule has 6 nitrogen and oxygen atoms in total. The van der Waals surface area contributed by atoms with Gasteiger partial charge in [0.2, 0.25) is 0 Å². The van der Waals surface area contributed by atoms with E-state index in [0.717, 1.165) is 25.8 Å². The number of likely N-dealkylation sites (tertiary alicyclic amines) is 1. The zero-order chi connectivity index (χ0) is 14.0. The van der Waals surface area contributed by atoms with Gasteiger partial charge in [-0.1, -0.05) is 6.92 Å². The third kappa shape index (κ3) is 3.37. The Balaban J connectivity index is 1.81. The Hall–Kier alpha value is -1.30. The first-order valence-corrected chi connectivity index (χ1v) is 6.86. The van der Waals surface area contributed by atoms with Crippen molar-refractivity contribution < 1.29 is 19.4 Å². The summed E-state index contributed by atoms with van der Waals surface area (Å²) < 4.78 is 5.31. The average Bonchev–Trinajstić information content (AvgIpc) is 3.13. The van der Waals surface area contributed by atoms with Gasteiger partial charge >= 0.3 is 12.0 Å². The molecule has 1 heterocycles. The predicted molar refractivity (Wildman–Crippen MR) is 69.0 cm³/mol. The molecule has 19 heavy (non-hydrogen) atoms. The molecule has 0 atom stereocenters. The molecular weight excluding hydrogens is 248 g/mol. The second-order valence-electron chi connectivity index (χ2n) is 5.70. The largest absolute Gasteiger partial charge is 0.480 e. The fraction of sp³-hybridized carbons (Fsp3) is 0.846. The first-order chi connectivity index (χ1) is 8.95. The fourth-order valence-corrected chi connectivity index (χ4v) is 2.47. The second kappa shape index (κ2) is 5.36. The van der Waals surface area contributed by atoms with E-state index in [9.17, 15) is 9.59 Å². The van der Waals surface area contributed by atoms with Crippen molar-refractivity contribution in [2.75, 3.05) is 26.2 Å². The molecule has 6 heteroatoms. The average molecular weight is 270 g/mol. The van der Waals surface area contributed by atoms with E-state index in [1.165, 1.54) is 0 Å². The Morgan fingerprint density at radius 1 is 1.42 bits per heavy atom. The van der Waals surface area contributed by atoms with E-state index >= 15 is 0 Å². The third-order valence-electron chi connectivity index (χ3n) is 3.56. The fourth-order valence-electron chi connectivity index (χ4n) is 2.47. The maximum absolute atomic E-state index is 12.3. The molecule has 1 saturated carbocycles. The van der Waals surface area contributed by atoms with Gasteiger partial charge < -0.3 is 19.6 Å². The lowest BCUT2D eigenvalue weighted by Gasteiger charge is -2.48. The Morgan fingerprint density at radius 3 is 2.53 bits per heavy atom. The standard InChI is InChI=1S/C13H22N2O4/c1-3-6-15(10-4-5-10)12(18)14-8-13(2,9-14)19-7-11(16)17/h10H,3-9H2,1-2H3,(H,16,17). The SMILES string of the molecule is CCCN(C(=O)N1CC(C)(OCC(=O)O)C1)C1CC1. The molecule has 108 valence electrons. The smallest absolute Gasteiger partial charge is 0.329 e. The first-order valence-electron chi connectivity index (χ1n) is 6.86. The van der Waals surface area contributed by atoms with Crippen LogP contribution in [0.5, 0.6) is 0 Å². The van der Waals surface area contributed by atoms with Crippen LogP contribution in [-0.2, 0) is 9.53 Å². The third-order valence-corrected chi connectivity index (χ3v) is 3.56. The summed E-state index contributed by atoms with van der Waals surface area (Å²) in [5, 5.41) is 8.60. The van der Waals surface area contributed by atoms with E-state index in [-0.39, 0.29) is 12.6 Å². The highest BCUT2D eigenvalue weighted by molar-refractivity contribution is 5.76. The van der Waals surface area contributed by atoms with E-state index in [1.54, 1.807) is 4.90 Å². The van der Waals surface area contributed by atoms with Crippen LogP contribution in [0.3, 0.4) is 0 Å². The van der Waals surface area contributed by atoms with Crippen molar-refractivity contribution in [1.29, 1.82) is 0 Å². The van der Waals surface area contributed by atoms with E-state index in [2.05, 4.69) is 6.92 Å². The van der Waals surface area contributed by atoms with Gasteiger partial charge in [-0.3, -0.25) is 0 Å². The van der Waals surface area contributed by atoms with Crippen LogP contribution < -0.4 is 0 Å². The van der Waals surface area contributed by atoms with Crippen LogP contribution in [0.4, 0.5) is 4.79 Å². The predicted octanol–water partition coefficient (Wildman–Crippen LogP) is 1.16. The van der Waals surface area contributed by atoms with Crippen molar-refractivity contribution in [1.82, 2.24) is 9.80 Å². The number of hydrogen-bond donors (Lipinski definition) is 1. The van der Waals surface area contributed by atoms with Crippen LogP contribution in [0.2, 0.25) is 0 Å². The molecule has 2 rings (SSSR count). The molecule has 0 aromatic heterocycles. The molecule has 2 fully saturated rings. The molecule has 1 aliphatic heterocycles. The highest BCUT2D eigenvalue weighted by Gasteiger charge is 2.45. The summed E-state index contributed by atoms with van der Waals surface area (Å²) in [5.74, 6) is -0.975. The Labute approximate surface area is 113 Å². The maximum Gasteiger partial charge on any atom is 0.329 e. The van der Waals surface area contributed by atoms with Gasteiger partial charge in [0.05, 0.1) is 13.1 Å². The zero-order valence-corrected chi connectivity index (χ0v) is 11.6. The minimum atomic E-state index is -0.975. The molecular formula is C13H22N2O4. The number of ether oxygens (including phenoxy) is 1. The maximum atomic E-state index is 12.3. The summed E-state index contributed by atoms with van der Waals surface area (Å²) in [5.41, 5.74) is -0.504. The van der Waals surface area contributed by atoms with E-state index in [1.807, 2.05) is 11.8 Å². The highest BCUT2D eigenvalue weighted by Crippen LogP contribution is 2.31. The molecule has 0 spiro atoms. The Morgan fingerprint density at radius 2 is 2.05 bits per heavy atom. The van der Waals surface area contributed by atoms with Gasteiger partial charge in [0.15, 0.2) is 0 Å². The summed E-state index contributed by atoms with van der Waals surface area (Å²) in [6.45, 7) is 5.37. The van der Waals surface area contributed by atoms with E-state index in [0.29, 0.717) is 19.1 Å². The number of amides is 2. The number of carboxylic acid groups (broad SMARTS) is 1. The van der Waals surface area contributed by atoms with Gasteiger partial charge in [0.25, 0.3) is 0 Å². The van der Waals surface area contributed by atoms with Crippen molar-refractivity contribution in [3.05, 3.63) is 0 Å². The lowest BCUT2D eigenvalue weighted by atomic mass is 9.97. The number of hydrogen-bond acceptors (Lipinski definition) is 3. The molecule has 1 N–H and O–H groups in total. The summed E-state index contributed by atoms with van der Waals surface area (Å²) in [6.07, 6.45) is 3.17. The minimum absolute atomic E-state index is 0.0701. The van der Waals surface area contributed by atoms with Gasteiger partial charge in [0.1, 0.15) is 12.2 Å². The lowest BCUT2D eigenvalue weighted by molar-refractivity contribution is -0.160. The molecule has 0 aromatic carbocycles. The van der Waals surface area contributed by atoms with Crippen LogP contribution in [0.1, 0.15) is 33.1 Å². The van der Waals surface area contributed by atoms with Crippen LogP contribution in [0, 0.1) is 0 Å². The van der Waals surface area contributed by atoms with Crippen molar-refractivity contribution in [2.45, 2.75) is 44.8 Å². The molecule has 2 amide bonds. The minimum Gasteiger partial charge on any atom is -0.480 e. The molecule has 0 unspecified atom stereocenters. The zero-order valence-electron chi connectivity index (χ0n) is 11.6. The summed E-state index contributed by atoms with van der Waals surface area (Å²) >= 11 is 0. The number of carbonyl (C=O) groups is 2. The summed E-state index contributed by atoms with van der Waals surface area (Å²) in [4.78, 5) is 26.5. The van der Waals surface area contributed by atoms with Gasteiger partial charge in [-0.25, -0.2) is 9.59 Å². The number of carboxylic acids is 1. The summed E-state index contributed by atoms with van der Waals surface area (Å²) in [7, 11) is 0. The molecule has 1 aliphatic carbocycles.